The van der Waals surface area contributed by atoms with Crippen molar-refractivity contribution in [1.29, 1.82) is 0 Å². The molecule has 0 unspecified atom stereocenters. The van der Waals surface area contributed by atoms with Crippen molar-refractivity contribution >= 4 is 34.9 Å². The Morgan fingerprint density at radius 2 is 1.71 bits per heavy atom. The van der Waals surface area contributed by atoms with E-state index in [2.05, 4.69) is 10.6 Å². The lowest BCUT2D eigenvalue weighted by molar-refractivity contribution is -0.119. The SMILES string of the molecule is COc1cccc(OC)c1NC(=O)[C@@H]1CCCN1C(=O)Nc1ccccc1Cl. The number of amides is 3. The first-order valence-corrected chi connectivity index (χ1v) is 9.27. The van der Waals surface area contributed by atoms with Crippen LogP contribution in [0.4, 0.5) is 16.2 Å². The highest BCUT2D eigenvalue weighted by atomic mass is 35.5. The lowest BCUT2D eigenvalue weighted by Gasteiger charge is -2.25. The summed E-state index contributed by atoms with van der Waals surface area (Å²) in [5.74, 6) is 0.671. The number of carbonyl (C=O) groups is 2. The molecule has 1 heterocycles. The van der Waals surface area contributed by atoms with Crippen molar-refractivity contribution < 1.29 is 19.1 Å². The van der Waals surface area contributed by atoms with Crippen LogP contribution in [0.25, 0.3) is 0 Å². The van der Waals surface area contributed by atoms with E-state index in [1.165, 1.54) is 19.1 Å². The average Bonchev–Trinajstić information content (AvgIpc) is 3.20. The molecule has 0 spiro atoms. The first kappa shape index (κ1) is 19.8. The smallest absolute Gasteiger partial charge is 0.322 e. The van der Waals surface area contributed by atoms with E-state index in [4.69, 9.17) is 21.1 Å². The van der Waals surface area contributed by atoms with Gasteiger partial charge in [-0.05, 0) is 37.1 Å². The van der Waals surface area contributed by atoms with Crippen molar-refractivity contribution in [3.8, 4) is 11.5 Å². The summed E-state index contributed by atoms with van der Waals surface area (Å²) < 4.78 is 10.6. The summed E-state index contributed by atoms with van der Waals surface area (Å²) in [7, 11) is 3.03. The zero-order chi connectivity index (χ0) is 20.1. The van der Waals surface area contributed by atoms with E-state index in [1.54, 1.807) is 42.5 Å². The summed E-state index contributed by atoms with van der Waals surface area (Å²) in [5, 5.41) is 6.06. The number of anilines is 2. The number of hydrogen-bond donors (Lipinski definition) is 2. The normalized spacial score (nSPS) is 15.8. The van der Waals surface area contributed by atoms with Crippen molar-refractivity contribution in [3.05, 3.63) is 47.5 Å². The van der Waals surface area contributed by atoms with Crippen LogP contribution in [-0.4, -0.2) is 43.6 Å². The van der Waals surface area contributed by atoms with Crippen LogP contribution in [-0.2, 0) is 4.79 Å². The number of likely N-dealkylation sites (tertiary alicyclic amines) is 1. The maximum absolute atomic E-state index is 12.9. The number of methoxy groups -OCH3 is 2. The van der Waals surface area contributed by atoms with Gasteiger partial charge in [0.25, 0.3) is 0 Å². The van der Waals surface area contributed by atoms with Crippen LogP contribution in [0.1, 0.15) is 12.8 Å². The minimum Gasteiger partial charge on any atom is -0.494 e. The molecular formula is C20H22ClN3O4. The van der Waals surface area contributed by atoms with E-state index in [-0.39, 0.29) is 11.9 Å². The van der Waals surface area contributed by atoms with Crippen molar-refractivity contribution in [2.75, 3.05) is 31.4 Å². The minimum atomic E-state index is -0.600. The van der Waals surface area contributed by atoms with Crippen LogP contribution in [0.3, 0.4) is 0 Å². The van der Waals surface area contributed by atoms with Gasteiger partial charge in [0.15, 0.2) is 0 Å². The largest absolute Gasteiger partial charge is 0.494 e. The molecule has 1 fully saturated rings. The Balaban J connectivity index is 1.75. The molecule has 0 aliphatic carbocycles. The molecule has 2 aromatic rings. The van der Waals surface area contributed by atoms with Crippen molar-refractivity contribution in [1.82, 2.24) is 4.90 Å². The van der Waals surface area contributed by atoms with Crippen LogP contribution in [0, 0.1) is 0 Å². The van der Waals surface area contributed by atoms with Gasteiger partial charge in [0.05, 0.1) is 24.9 Å². The first-order valence-electron chi connectivity index (χ1n) is 8.89. The van der Waals surface area contributed by atoms with Gasteiger partial charge in [-0.3, -0.25) is 4.79 Å². The molecule has 1 aliphatic heterocycles. The van der Waals surface area contributed by atoms with Crippen LogP contribution >= 0.6 is 11.6 Å². The number of benzene rings is 2. The number of carbonyl (C=O) groups excluding carboxylic acids is 2. The topological polar surface area (TPSA) is 79.9 Å². The molecule has 3 rings (SSSR count). The van der Waals surface area contributed by atoms with Gasteiger partial charge in [0, 0.05) is 6.54 Å². The molecule has 0 radical (unpaired) electrons. The summed E-state index contributed by atoms with van der Waals surface area (Å²) in [6, 6.07) is 11.2. The lowest BCUT2D eigenvalue weighted by atomic mass is 10.2. The molecule has 1 aliphatic rings. The summed E-state index contributed by atoms with van der Waals surface area (Å²) in [6.07, 6.45) is 1.30. The molecule has 3 amide bonds. The number of nitrogens with one attached hydrogen (secondary N) is 2. The predicted molar refractivity (Wildman–Crippen MR) is 108 cm³/mol. The minimum absolute atomic E-state index is 0.297. The molecule has 7 nitrogen and oxygen atoms in total. The number of hydrogen-bond acceptors (Lipinski definition) is 4. The van der Waals surface area contributed by atoms with Crippen LogP contribution in [0.15, 0.2) is 42.5 Å². The van der Waals surface area contributed by atoms with E-state index in [1.807, 2.05) is 0 Å². The van der Waals surface area contributed by atoms with Gasteiger partial charge in [-0.2, -0.15) is 0 Å². The second-order valence-corrected chi connectivity index (χ2v) is 6.70. The van der Waals surface area contributed by atoms with E-state index in [0.717, 1.165) is 6.42 Å². The molecule has 2 aromatic carbocycles. The molecular weight excluding hydrogens is 382 g/mol. The molecule has 2 N–H and O–H groups in total. The van der Waals surface area contributed by atoms with Crippen molar-refractivity contribution in [3.63, 3.8) is 0 Å². The van der Waals surface area contributed by atoms with E-state index in [9.17, 15) is 9.59 Å². The second-order valence-electron chi connectivity index (χ2n) is 6.29. The van der Waals surface area contributed by atoms with E-state index in [0.29, 0.717) is 40.9 Å². The molecule has 28 heavy (non-hydrogen) atoms. The maximum atomic E-state index is 12.9. The molecule has 0 saturated carbocycles. The Bertz CT molecular complexity index is 852. The quantitative estimate of drug-likeness (QED) is 0.791. The molecule has 148 valence electrons. The number of nitrogens with zero attached hydrogens (tertiary/aromatic N) is 1. The summed E-state index contributed by atoms with van der Waals surface area (Å²) in [6.45, 7) is 0.484. The molecule has 0 bridgehead atoms. The number of urea groups is 1. The third-order valence-electron chi connectivity index (χ3n) is 4.61. The van der Waals surface area contributed by atoms with Gasteiger partial charge < -0.3 is 25.0 Å². The first-order chi connectivity index (χ1) is 13.5. The number of halogens is 1. The fourth-order valence-electron chi connectivity index (χ4n) is 3.21. The number of ether oxygens (including phenoxy) is 2. The lowest BCUT2D eigenvalue weighted by Crippen LogP contribution is -2.45. The Hall–Kier alpha value is -2.93. The second kappa shape index (κ2) is 8.84. The highest BCUT2D eigenvalue weighted by Gasteiger charge is 2.35. The van der Waals surface area contributed by atoms with Crippen LogP contribution in [0.5, 0.6) is 11.5 Å². The van der Waals surface area contributed by atoms with Crippen LogP contribution < -0.4 is 20.1 Å². The Morgan fingerprint density at radius 1 is 1.04 bits per heavy atom. The Morgan fingerprint density at radius 3 is 2.36 bits per heavy atom. The van der Waals surface area contributed by atoms with Gasteiger partial charge in [-0.15, -0.1) is 0 Å². The number of rotatable bonds is 5. The van der Waals surface area contributed by atoms with Gasteiger partial charge in [0.2, 0.25) is 5.91 Å². The number of para-hydroxylation sites is 2. The summed E-state index contributed by atoms with van der Waals surface area (Å²) in [5.41, 5.74) is 0.947. The Labute approximate surface area is 168 Å². The average molecular weight is 404 g/mol. The standard InChI is InChI=1S/C20H22ClN3O4/c1-27-16-10-5-11-17(28-2)18(16)23-19(25)15-9-6-12-24(15)20(26)22-14-8-4-3-7-13(14)21/h3-5,7-8,10-11,15H,6,9,12H2,1-2H3,(H,22,26)(H,23,25)/t15-/m0/s1. The van der Waals surface area contributed by atoms with E-state index < -0.39 is 6.04 Å². The van der Waals surface area contributed by atoms with Crippen molar-refractivity contribution in [2.45, 2.75) is 18.9 Å². The Kier molecular flexibility index (Phi) is 6.26. The summed E-state index contributed by atoms with van der Waals surface area (Å²) in [4.78, 5) is 27.1. The zero-order valence-electron chi connectivity index (χ0n) is 15.7. The molecule has 1 atom stereocenters. The van der Waals surface area contributed by atoms with Gasteiger partial charge in [0.1, 0.15) is 23.2 Å². The van der Waals surface area contributed by atoms with E-state index >= 15 is 0 Å². The zero-order valence-corrected chi connectivity index (χ0v) is 16.5. The molecule has 0 aromatic heterocycles. The third-order valence-corrected chi connectivity index (χ3v) is 4.94. The molecule has 1 saturated heterocycles. The van der Waals surface area contributed by atoms with Gasteiger partial charge in [-0.25, -0.2) is 4.79 Å². The van der Waals surface area contributed by atoms with Gasteiger partial charge >= 0.3 is 6.03 Å². The van der Waals surface area contributed by atoms with Crippen LogP contribution in [0.2, 0.25) is 5.02 Å². The monoisotopic (exact) mass is 403 g/mol. The summed E-state index contributed by atoms with van der Waals surface area (Å²) >= 11 is 6.11. The van der Waals surface area contributed by atoms with Gasteiger partial charge in [-0.1, -0.05) is 29.8 Å². The predicted octanol–water partition coefficient (Wildman–Crippen LogP) is 3.99. The van der Waals surface area contributed by atoms with Crippen molar-refractivity contribution in [2.24, 2.45) is 0 Å². The maximum Gasteiger partial charge on any atom is 0.322 e. The highest BCUT2D eigenvalue weighted by Crippen LogP contribution is 2.35. The fourth-order valence-corrected chi connectivity index (χ4v) is 3.40. The highest BCUT2D eigenvalue weighted by molar-refractivity contribution is 6.33. The third kappa shape index (κ3) is 4.14. The fraction of sp³-hybridized carbons (Fsp3) is 0.300. The molecule has 8 heteroatoms.